The first-order valence-electron chi connectivity index (χ1n) is 15.0. The van der Waals surface area contributed by atoms with Gasteiger partial charge in [0.25, 0.3) is 0 Å². The summed E-state index contributed by atoms with van der Waals surface area (Å²) >= 11 is 2.00. The van der Waals surface area contributed by atoms with Crippen molar-refractivity contribution >= 4 is 32.2 Å². The van der Waals surface area contributed by atoms with Crippen LogP contribution in [0.3, 0.4) is 0 Å². The zero-order chi connectivity index (χ0) is 27.4. The van der Waals surface area contributed by atoms with Crippen molar-refractivity contribution < 1.29 is 56.1 Å². The number of hydrogen-bond acceptors (Lipinski definition) is 3. The molecule has 1 aromatic heterocycles. The van der Waals surface area contributed by atoms with E-state index in [1.807, 2.05) is 11.3 Å². The fraction of sp³-hybridized carbons (Fsp3) is 0.486. The molecule has 1 atom stereocenters. The van der Waals surface area contributed by atoms with Gasteiger partial charge in [0.15, 0.2) is 0 Å². The molecule has 0 bridgehead atoms. The molecule has 208 valence electrons. The maximum atomic E-state index is 6.28. The van der Waals surface area contributed by atoms with Crippen LogP contribution in [0.4, 0.5) is 0 Å². The van der Waals surface area contributed by atoms with Crippen LogP contribution < -0.4 is 56.1 Å². The van der Waals surface area contributed by atoms with E-state index in [0.717, 1.165) is 45.0 Å². The number of fused-ring (bicyclic) bond motifs is 2. The second-order valence-electron chi connectivity index (χ2n) is 11.6. The number of nitrogens with zero attached hydrogens (tertiary/aromatic N) is 2. The van der Waals surface area contributed by atoms with E-state index in [-0.39, 0.29) is 56.9 Å². The van der Waals surface area contributed by atoms with E-state index in [0.29, 0.717) is 5.92 Å². The quantitative estimate of drug-likeness (QED) is 0.122. The summed E-state index contributed by atoms with van der Waals surface area (Å²) in [6.07, 6.45) is 5.98. The van der Waals surface area contributed by atoms with E-state index >= 15 is 0 Å². The van der Waals surface area contributed by atoms with Crippen LogP contribution in [-0.4, -0.2) is 31.1 Å². The summed E-state index contributed by atoms with van der Waals surface area (Å²) < 4.78 is 7.65. The predicted molar refractivity (Wildman–Crippen MR) is 170 cm³/mol. The Hall–Kier alpha value is -0.764. The van der Waals surface area contributed by atoms with Gasteiger partial charge in [-0.25, -0.2) is 0 Å². The average Bonchev–Trinajstić information content (AvgIpc) is 3.69. The maximum Gasteiger partial charge on any atom is 1.00 e. The molecule has 0 spiro atoms. The summed E-state index contributed by atoms with van der Waals surface area (Å²) in [5.74, 6) is 1.62. The summed E-state index contributed by atoms with van der Waals surface area (Å²) in [6.45, 7) is 16.0. The molecular formula is C35H45KN2OS. The fourth-order valence-electron chi connectivity index (χ4n) is 5.80. The average molecular weight is 581 g/mol. The molecule has 1 aliphatic rings. The Morgan fingerprint density at radius 2 is 1.77 bits per heavy atom. The van der Waals surface area contributed by atoms with E-state index in [1.54, 1.807) is 4.88 Å². The Bertz CT molecular complexity index is 1410. The third-order valence-electron chi connectivity index (χ3n) is 8.61. The van der Waals surface area contributed by atoms with Crippen LogP contribution >= 0.6 is 11.3 Å². The Labute approximate surface area is 288 Å². The van der Waals surface area contributed by atoms with Gasteiger partial charge in [0, 0.05) is 16.1 Å². The van der Waals surface area contributed by atoms with Gasteiger partial charge in [0.2, 0.25) is 0 Å². The number of hydrogen-bond donors (Lipinski definition) is 0. The Balaban J connectivity index is 0.00000370. The Morgan fingerprint density at radius 3 is 2.50 bits per heavy atom. The topological polar surface area (TPSA) is 26.6 Å². The molecule has 5 heteroatoms. The van der Waals surface area contributed by atoms with Crippen LogP contribution in [0, 0.1) is 19.8 Å². The molecule has 0 saturated heterocycles. The van der Waals surface area contributed by atoms with Crippen LogP contribution in [0.5, 0.6) is 5.75 Å². The number of benzene rings is 3. The van der Waals surface area contributed by atoms with Gasteiger partial charge in [-0.2, -0.15) is 6.54 Å². The molecule has 40 heavy (non-hydrogen) atoms. The van der Waals surface area contributed by atoms with Gasteiger partial charge in [-0.05, 0) is 96.6 Å². The molecule has 3 aromatic carbocycles. The molecular weight excluding hydrogens is 536 g/mol. The van der Waals surface area contributed by atoms with Gasteiger partial charge in [-0.1, -0.05) is 70.0 Å². The third kappa shape index (κ3) is 7.23. The molecule has 0 aliphatic heterocycles. The van der Waals surface area contributed by atoms with Crippen molar-refractivity contribution in [3.63, 3.8) is 0 Å². The smallest absolute Gasteiger partial charge is 0.662 e. The summed E-state index contributed by atoms with van der Waals surface area (Å²) in [6, 6.07) is 20.4. The first-order chi connectivity index (χ1) is 18.9. The largest absolute Gasteiger partial charge is 1.00 e. The monoisotopic (exact) mass is 580 g/mol. The number of ether oxygens (including phenoxy) is 1. The first-order valence-corrected chi connectivity index (χ1v) is 15.8. The van der Waals surface area contributed by atoms with Crippen LogP contribution in [-0.2, 0) is 12.1 Å². The zero-order valence-corrected chi connectivity index (χ0v) is 29.5. The van der Waals surface area contributed by atoms with Crippen LogP contribution in [0.15, 0.2) is 54.6 Å². The van der Waals surface area contributed by atoms with Crippen molar-refractivity contribution in [1.82, 2.24) is 4.90 Å². The third-order valence-corrected chi connectivity index (χ3v) is 10.1. The molecule has 1 fully saturated rings. The molecule has 4 aromatic rings. The molecule has 1 aliphatic carbocycles. The molecule has 3 nitrogen and oxygen atoms in total. The van der Waals surface area contributed by atoms with E-state index < -0.39 is 0 Å². The van der Waals surface area contributed by atoms with Crippen LogP contribution in [0.25, 0.3) is 26.2 Å². The molecule has 0 N–H and O–H groups in total. The molecule has 1 saturated carbocycles. The first kappa shape index (κ1) is 32.2. The molecule has 1 heterocycles. The number of aryl methyl sites for hydroxylation is 2. The van der Waals surface area contributed by atoms with Gasteiger partial charge >= 0.3 is 51.4 Å². The maximum absolute atomic E-state index is 6.28. The van der Waals surface area contributed by atoms with Crippen molar-refractivity contribution in [3.8, 4) is 5.75 Å². The van der Waals surface area contributed by atoms with Gasteiger partial charge in [-0.3, -0.25) is 4.90 Å². The minimum atomic E-state index is 0. The van der Waals surface area contributed by atoms with Crippen molar-refractivity contribution in [1.29, 1.82) is 0 Å². The second kappa shape index (κ2) is 14.6. The molecule has 5 rings (SSSR count). The normalized spacial score (nSPS) is 14.9. The number of unbranched alkanes of at least 4 members (excludes halogenated alkanes) is 1. The molecule has 1 unspecified atom stereocenters. The molecule has 0 radical (unpaired) electrons. The van der Waals surface area contributed by atoms with Gasteiger partial charge in [0.05, 0.1) is 12.1 Å². The van der Waals surface area contributed by atoms with E-state index in [9.17, 15) is 0 Å². The van der Waals surface area contributed by atoms with Crippen LogP contribution in [0.1, 0.15) is 74.4 Å². The summed E-state index contributed by atoms with van der Waals surface area (Å²) in [4.78, 5) is 4.36. The number of rotatable bonds is 14. The van der Waals surface area contributed by atoms with Crippen molar-refractivity contribution in [2.45, 2.75) is 78.8 Å². The minimum absolute atomic E-state index is 0. The van der Waals surface area contributed by atoms with Crippen molar-refractivity contribution in [2.75, 3.05) is 26.2 Å². The predicted octanol–water partition coefficient (Wildman–Crippen LogP) is 6.77. The van der Waals surface area contributed by atoms with E-state index in [1.165, 1.54) is 63.2 Å². The molecule has 0 amide bonds. The van der Waals surface area contributed by atoms with Gasteiger partial charge in [-0.15, -0.1) is 17.9 Å². The Morgan fingerprint density at radius 1 is 1.00 bits per heavy atom. The van der Waals surface area contributed by atoms with Crippen molar-refractivity contribution in [3.05, 3.63) is 81.5 Å². The standard InChI is InChI=1S/C35H45N2OS.K/c1-6-25(3)24-38-32-22-33-31(20-26(32)4)27(5)34(39-33)35(16-17-35)37(19-11-10-18-36-7-2)23-28-14-15-29-12-8-9-13-30(29)21-28;/h8-9,12-15,20-22,25H,6-7,10-11,16-19,23-24H2,1-5H3;/q-1;+1. The fourth-order valence-corrected chi connectivity index (χ4v) is 7.29. The second-order valence-corrected chi connectivity index (χ2v) is 12.7. The van der Waals surface area contributed by atoms with Gasteiger partial charge < -0.3 is 10.1 Å². The van der Waals surface area contributed by atoms with E-state index in [4.69, 9.17) is 4.74 Å². The summed E-state index contributed by atoms with van der Waals surface area (Å²) in [5, 5.41) is 8.64. The SMILES string of the molecule is CC[N-]CCCCN(Cc1ccc2ccccc2c1)C1(c2sc3cc(OCC(C)CC)c(C)cc3c2C)CC1.[K+]. The zero-order valence-electron chi connectivity index (χ0n) is 25.6. The Kier molecular flexibility index (Phi) is 11.7. The van der Waals surface area contributed by atoms with Gasteiger partial charge in [0.1, 0.15) is 5.75 Å². The van der Waals surface area contributed by atoms with Crippen LogP contribution in [0.2, 0.25) is 0 Å². The summed E-state index contributed by atoms with van der Waals surface area (Å²) in [5.41, 5.74) is 4.27. The number of thiophene rings is 1. The van der Waals surface area contributed by atoms with Crippen molar-refractivity contribution in [2.24, 2.45) is 5.92 Å². The van der Waals surface area contributed by atoms with E-state index in [2.05, 4.69) is 99.4 Å². The minimum Gasteiger partial charge on any atom is -0.662 e. The summed E-state index contributed by atoms with van der Waals surface area (Å²) in [7, 11) is 0.